The van der Waals surface area contributed by atoms with E-state index in [-0.39, 0.29) is 18.5 Å². The van der Waals surface area contributed by atoms with Gasteiger partial charge in [-0.25, -0.2) is 4.79 Å². The molecular weight excluding hydrogens is 350 g/mol. The average molecular weight is 377 g/mol. The van der Waals surface area contributed by atoms with Gasteiger partial charge in [0, 0.05) is 24.7 Å². The number of hydrogen-bond donors (Lipinski definition) is 0. The van der Waals surface area contributed by atoms with Gasteiger partial charge in [-0.2, -0.15) is 0 Å². The summed E-state index contributed by atoms with van der Waals surface area (Å²) < 4.78 is 5.29. The normalized spacial score (nSPS) is 14.0. The fraction of sp³-hybridized carbons (Fsp3) is 0.333. The number of esters is 1. The Hall–Kier alpha value is -2.88. The van der Waals surface area contributed by atoms with E-state index in [9.17, 15) is 9.59 Å². The second kappa shape index (κ2) is 9.36. The molecular formula is C24H27NO3. The van der Waals surface area contributed by atoms with Gasteiger partial charge in [0.1, 0.15) is 6.61 Å². The van der Waals surface area contributed by atoms with Gasteiger partial charge in [0.2, 0.25) is 0 Å². The van der Waals surface area contributed by atoms with E-state index in [1.165, 1.54) is 11.6 Å². The zero-order valence-corrected chi connectivity index (χ0v) is 16.6. The predicted molar refractivity (Wildman–Crippen MR) is 111 cm³/mol. The molecule has 1 fully saturated rings. The highest BCUT2D eigenvalue weighted by molar-refractivity contribution is 5.94. The molecule has 0 radical (unpaired) electrons. The van der Waals surface area contributed by atoms with E-state index in [0.717, 1.165) is 37.1 Å². The van der Waals surface area contributed by atoms with Crippen LogP contribution in [0.3, 0.4) is 0 Å². The van der Waals surface area contributed by atoms with Gasteiger partial charge in [0.05, 0.1) is 0 Å². The SMILES string of the molecule is CC(C)c1ccc(/C=C\C(=O)OCc2ccc(C(=O)N3CCCC3)cc2)cc1. The van der Waals surface area contributed by atoms with Gasteiger partial charge in [-0.3, -0.25) is 4.79 Å². The molecule has 0 unspecified atom stereocenters. The molecule has 4 nitrogen and oxygen atoms in total. The lowest BCUT2D eigenvalue weighted by Crippen LogP contribution is -2.27. The molecule has 2 aromatic carbocycles. The van der Waals surface area contributed by atoms with Crippen LogP contribution in [0.4, 0.5) is 0 Å². The number of benzene rings is 2. The minimum absolute atomic E-state index is 0.0764. The number of hydrogen-bond acceptors (Lipinski definition) is 3. The number of carbonyl (C=O) groups is 2. The van der Waals surface area contributed by atoms with E-state index < -0.39 is 0 Å². The van der Waals surface area contributed by atoms with Crippen molar-refractivity contribution in [3.05, 3.63) is 76.9 Å². The summed E-state index contributed by atoms with van der Waals surface area (Å²) in [5, 5.41) is 0. The van der Waals surface area contributed by atoms with Crippen LogP contribution in [0.25, 0.3) is 6.08 Å². The molecule has 0 N–H and O–H groups in total. The molecule has 1 aliphatic heterocycles. The van der Waals surface area contributed by atoms with E-state index in [1.807, 2.05) is 29.2 Å². The Morgan fingerprint density at radius 2 is 1.64 bits per heavy atom. The highest BCUT2D eigenvalue weighted by Gasteiger charge is 2.19. The van der Waals surface area contributed by atoms with Crippen LogP contribution in [0.5, 0.6) is 0 Å². The largest absolute Gasteiger partial charge is 0.458 e. The van der Waals surface area contributed by atoms with Crippen molar-refractivity contribution in [3.63, 3.8) is 0 Å². The summed E-state index contributed by atoms with van der Waals surface area (Å²) in [5.74, 6) is 0.178. The van der Waals surface area contributed by atoms with Crippen molar-refractivity contribution in [2.24, 2.45) is 0 Å². The molecule has 0 spiro atoms. The lowest BCUT2D eigenvalue weighted by molar-refractivity contribution is -0.138. The van der Waals surface area contributed by atoms with Gasteiger partial charge in [0.15, 0.2) is 0 Å². The smallest absolute Gasteiger partial charge is 0.331 e. The Balaban J connectivity index is 1.49. The summed E-state index contributed by atoms with van der Waals surface area (Å²) in [5.41, 5.74) is 3.78. The summed E-state index contributed by atoms with van der Waals surface area (Å²) >= 11 is 0. The lowest BCUT2D eigenvalue weighted by Gasteiger charge is -2.15. The molecule has 1 heterocycles. The highest BCUT2D eigenvalue weighted by atomic mass is 16.5. The molecule has 0 atom stereocenters. The molecule has 0 saturated carbocycles. The topological polar surface area (TPSA) is 46.6 Å². The van der Waals surface area contributed by atoms with Crippen molar-refractivity contribution in [1.29, 1.82) is 0 Å². The van der Waals surface area contributed by atoms with E-state index in [1.54, 1.807) is 18.2 Å². The Kier molecular flexibility index (Phi) is 6.64. The van der Waals surface area contributed by atoms with E-state index in [2.05, 4.69) is 26.0 Å². The number of amides is 1. The Morgan fingerprint density at radius 1 is 1.00 bits per heavy atom. The average Bonchev–Trinajstić information content (AvgIpc) is 3.25. The van der Waals surface area contributed by atoms with E-state index in [0.29, 0.717) is 11.5 Å². The van der Waals surface area contributed by atoms with Crippen molar-refractivity contribution in [2.45, 2.75) is 39.2 Å². The number of rotatable bonds is 6. The minimum atomic E-state index is -0.384. The molecule has 0 bridgehead atoms. The second-order valence-corrected chi connectivity index (χ2v) is 7.46. The third-order valence-corrected chi connectivity index (χ3v) is 4.99. The molecule has 28 heavy (non-hydrogen) atoms. The van der Waals surface area contributed by atoms with Gasteiger partial charge < -0.3 is 9.64 Å². The van der Waals surface area contributed by atoms with Gasteiger partial charge in [-0.15, -0.1) is 0 Å². The molecule has 2 aromatic rings. The maximum absolute atomic E-state index is 12.3. The van der Waals surface area contributed by atoms with Gasteiger partial charge in [0.25, 0.3) is 5.91 Å². The summed E-state index contributed by atoms with van der Waals surface area (Å²) in [6.07, 6.45) is 5.35. The monoisotopic (exact) mass is 377 g/mol. The van der Waals surface area contributed by atoms with Crippen LogP contribution in [0.1, 0.15) is 59.7 Å². The first-order valence-corrected chi connectivity index (χ1v) is 9.86. The van der Waals surface area contributed by atoms with Crippen molar-refractivity contribution < 1.29 is 14.3 Å². The third-order valence-electron chi connectivity index (χ3n) is 4.99. The first-order valence-electron chi connectivity index (χ1n) is 9.86. The first kappa shape index (κ1) is 19.9. The van der Waals surface area contributed by atoms with Gasteiger partial charge >= 0.3 is 5.97 Å². The molecule has 0 aromatic heterocycles. The Bertz CT molecular complexity index is 829. The van der Waals surface area contributed by atoms with Crippen molar-refractivity contribution in [3.8, 4) is 0 Å². The minimum Gasteiger partial charge on any atom is -0.458 e. The predicted octanol–water partition coefficient (Wildman–Crippen LogP) is 4.80. The van der Waals surface area contributed by atoms with Crippen LogP contribution in [0.2, 0.25) is 0 Å². The number of ether oxygens (including phenoxy) is 1. The second-order valence-electron chi connectivity index (χ2n) is 7.46. The molecule has 1 aliphatic rings. The number of carbonyl (C=O) groups excluding carboxylic acids is 2. The van der Waals surface area contributed by atoms with Crippen LogP contribution in [0.15, 0.2) is 54.6 Å². The zero-order chi connectivity index (χ0) is 19.9. The fourth-order valence-corrected chi connectivity index (χ4v) is 3.21. The number of likely N-dealkylation sites (tertiary alicyclic amines) is 1. The first-order chi connectivity index (χ1) is 13.5. The summed E-state index contributed by atoms with van der Waals surface area (Å²) in [7, 11) is 0. The van der Waals surface area contributed by atoms with Crippen LogP contribution in [-0.4, -0.2) is 29.9 Å². The zero-order valence-electron chi connectivity index (χ0n) is 16.6. The van der Waals surface area contributed by atoms with Crippen LogP contribution in [0, 0.1) is 0 Å². The summed E-state index contributed by atoms with van der Waals surface area (Å²) in [6.45, 7) is 6.16. The lowest BCUT2D eigenvalue weighted by atomic mass is 10.0. The Labute approximate surface area is 166 Å². The van der Waals surface area contributed by atoms with Gasteiger partial charge in [-0.05, 0) is 53.7 Å². The standard InChI is InChI=1S/C24H27NO3/c1-18(2)21-10-5-19(6-11-21)9-14-23(26)28-17-20-7-12-22(13-8-20)24(27)25-15-3-4-16-25/h5-14,18H,3-4,15-17H2,1-2H3/b14-9-. The molecule has 1 amide bonds. The molecule has 1 saturated heterocycles. The van der Waals surface area contributed by atoms with Crippen LogP contribution in [-0.2, 0) is 16.1 Å². The summed E-state index contributed by atoms with van der Waals surface area (Å²) in [6, 6.07) is 15.4. The fourth-order valence-electron chi connectivity index (χ4n) is 3.21. The van der Waals surface area contributed by atoms with E-state index >= 15 is 0 Å². The molecule has 146 valence electrons. The maximum atomic E-state index is 12.3. The molecule has 4 heteroatoms. The molecule has 3 rings (SSSR count). The summed E-state index contributed by atoms with van der Waals surface area (Å²) in [4.78, 5) is 26.2. The third kappa shape index (κ3) is 5.32. The maximum Gasteiger partial charge on any atom is 0.331 e. The number of nitrogens with zero attached hydrogens (tertiary/aromatic N) is 1. The highest BCUT2D eigenvalue weighted by Crippen LogP contribution is 2.16. The van der Waals surface area contributed by atoms with E-state index in [4.69, 9.17) is 4.74 Å². The Morgan fingerprint density at radius 3 is 2.25 bits per heavy atom. The van der Waals surface area contributed by atoms with Crippen molar-refractivity contribution in [1.82, 2.24) is 4.90 Å². The van der Waals surface area contributed by atoms with Crippen LogP contribution < -0.4 is 0 Å². The van der Waals surface area contributed by atoms with Gasteiger partial charge in [-0.1, -0.05) is 50.2 Å². The van der Waals surface area contributed by atoms with Crippen LogP contribution >= 0.6 is 0 Å². The van der Waals surface area contributed by atoms with Crippen molar-refractivity contribution >= 4 is 18.0 Å². The van der Waals surface area contributed by atoms with Crippen molar-refractivity contribution in [2.75, 3.05) is 13.1 Å². The molecule has 0 aliphatic carbocycles. The quantitative estimate of drug-likeness (QED) is 0.536.